The number of hydrogen-bond acceptors (Lipinski definition) is 3. The second-order valence-electron chi connectivity index (χ2n) is 7.61. The number of nitrogens with zero attached hydrogens (tertiary/aromatic N) is 4. The summed E-state index contributed by atoms with van der Waals surface area (Å²) < 4.78 is 1.80. The predicted molar refractivity (Wildman–Crippen MR) is 92.2 cm³/mol. The van der Waals surface area contributed by atoms with Gasteiger partial charge in [-0.3, -0.25) is 0 Å². The second-order valence-corrected chi connectivity index (χ2v) is 7.61. The molecule has 0 spiro atoms. The number of nitrogens with one attached hydrogen (secondary N) is 1. The Bertz CT molecular complexity index is 778. The molecule has 24 heavy (non-hydrogen) atoms. The number of carbonyl (C=O) groups excluding carboxylic acids is 1. The van der Waals surface area contributed by atoms with Gasteiger partial charge in [-0.1, -0.05) is 13.8 Å². The van der Waals surface area contributed by atoms with Crippen LogP contribution in [0.3, 0.4) is 0 Å². The van der Waals surface area contributed by atoms with Gasteiger partial charge in [0.2, 0.25) is 0 Å². The van der Waals surface area contributed by atoms with Crippen LogP contribution in [-0.4, -0.2) is 38.8 Å². The Morgan fingerprint density at radius 2 is 1.96 bits per heavy atom. The van der Waals surface area contributed by atoms with Crippen molar-refractivity contribution in [2.75, 3.05) is 18.4 Å². The van der Waals surface area contributed by atoms with Gasteiger partial charge in [0, 0.05) is 18.8 Å². The minimum absolute atomic E-state index is 0.0290. The summed E-state index contributed by atoms with van der Waals surface area (Å²) in [6, 6.07) is 5.73. The Hall–Kier alpha value is -2.37. The third-order valence-corrected chi connectivity index (χ3v) is 5.64. The lowest BCUT2D eigenvalue weighted by molar-refractivity contribution is 0.209. The lowest BCUT2D eigenvalue weighted by Crippen LogP contribution is -2.36. The van der Waals surface area contributed by atoms with Crippen LogP contribution in [0.4, 0.5) is 10.5 Å². The van der Waals surface area contributed by atoms with Crippen molar-refractivity contribution in [3.63, 3.8) is 0 Å². The van der Waals surface area contributed by atoms with E-state index in [4.69, 9.17) is 0 Å². The van der Waals surface area contributed by atoms with Crippen LogP contribution in [0.1, 0.15) is 25.2 Å². The first-order valence-electron chi connectivity index (χ1n) is 8.42. The fraction of sp³-hybridized carbons (Fsp3) is 0.500. The lowest BCUT2D eigenvalue weighted by atomic mass is 10.1. The number of piperidine rings is 1. The smallest absolute Gasteiger partial charge is 0.321 e. The van der Waals surface area contributed by atoms with Crippen LogP contribution < -0.4 is 5.32 Å². The molecule has 126 valence electrons. The fourth-order valence-electron chi connectivity index (χ4n) is 3.95. The number of aromatic nitrogens is 3. The second kappa shape index (κ2) is 5.06. The maximum atomic E-state index is 12.4. The average molecular weight is 325 g/mol. The Kier molecular flexibility index (Phi) is 3.20. The van der Waals surface area contributed by atoms with E-state index in [1.165, 1.54) is 0 Å². The average Bonchev–Trinajstić information content (AvgIpc) is 2.93. The molecule has 6 nitrogen and oxygen atoms in total. The van der Waals surface area contributed by atoms with Gasteiger partial charge in [-0.05, 0) is 49.3 Å². The van der Waals surface area contributed by atoms with E-state index >= 15 is 0 Å². The standard InChI is InChI=1S/C18H23N5O/c1-11-7-12(2)23(21-11)16-6-5-13(8-19-16)20-17(24)22-9-14-15(10-22)18(14,3)4/h5-8,14-15H,9-10H2,1-4H3,(H,20,24)/t14-,15-/m0/s1. The molecule has 0 bridgehead atoms. The summed E-state index contributed by atoms with van der Waals surface area (Å²) in [4.78, 5) is 18.7. The van der Waals surface area contributed by atoms with Crippen molar-refractivity contribution in [3.8, 4) is 5.82 Å². The predicted octanol–water partition coefficient (Wildman–Crippen LogP) is 3.00. The van der Waals surface area contributed by atoms with E-state index in [0.717, 1.165) is 30.3 Å². The number of amides is 2. The van der Waals surface area contributed by atoms with Gasteiger partial charge in [0.25, 0.3) is 0 Å². The van der Waals surface area contributed by atoms with E-state index in [9.17, 15) is 4.79 Å². The molecule has 1 N–H and O–H groups in total. The van der Waals surface area contributed by atoms with Crippen LogP contribution >= 0.6 is 0 Å². The highest BCUT2D eigenvalue weighted by Crippen LogP contribution is 2.61. The molecule has 1 aliphatic heterocycles. The number of carbonyl (C=O) groups is 1. The van der Waals surface area contributed by atoms with Crippen molar-refractivity contribution >= 4 is 11.7 Å². The van der Waals surface area contributed by atoms with Gasteiger partial charge in [0.05, 0.1) is 17.6 Å². The SMILES string of the molecule is Cc1cc(C)n(-c2ccc(NC(=O)N3C[C@H]4[C@H](C3)C4(C)C)cn2)n1. The van der Waals surface area contributed by atoms with E-state index in [1.54, 1.807) is 10.9 Å². The van der Waals surface area contributed by atoms with Crippen molar-refractivity contribution in [1.29, 1.82) is 0 Å². The largest absolute Gasteiger partial charge is 0.324 e. The number of fused-ring (bicyclic) bond motifs is 1. The minimum Gasteiger partial charge on any atom is -0.324 e. The third kappa shape index (κ3) is 2.37. The Morgan fingerprint density at radius 3 is 2.50 bits per heavy atom. The fourth-order valence-corrected chi connectivity index (χ4v) is 3.95. The number of rotatable bonds is 2. The molecule has 0 aromatic carbocycles. The molecule has 2 fully saturated rings. The molecule has 2 aromatic heterocycles. The van der Waals surface area contributed by atoms with Crippen LogP contribution in [0.2, 0.25) is 0 Å². The van der Waals surface area contributed by atoms with E-state index in [-0.39, 0.29) is 6.03 Å². The first-order valence-corrected chi connectivity index (χ1v) is 8.42. The van der Waals surface area contributed by atoms with Gasteiger partial charge >= 0.3 is 6.03 Å². The van der Waals surface area contributed by atoms with E-state index in [0.29, 0.717) is 22.9 Å². The summed E-state index contributed by atoms with van der Waals surface area (Å²) in [6.45, 7) is 10.3. The van der Waals surface area contributed by atoms with Crippen molar-refractivity contribution in [3.05, 3.63) is 35.8 Å². The monoisotopic (exact) mass is 325 g/mol. The Balaban J connectivity index is 1.41. The zero-order valence-electron chi connectivity index (χ0n) is 14.6. The molecule has 2 aromatic rings. The molecular formula is C18H23N5O. The topological polar surface area (TPSA) is 63.1 Å². The van der Waals surface area contributed by atoms with Crippen molar-refractivity contribution in [2.45, 2.75) is 27.7 Å². The summed E-state index contributed by atoms with van der Waals surface area (Å²) >= 11 is 0. The molecule has 3 heterocycles. The first-order chi connectivity index (χ1) is 11.4. The normalized spacial score (nSPS) is 23.9. The summed E-state index contributed by atoms with van der Waals surface area (Å²) in [5, 5.41) is 7.37. The number of anilines is 1. The van der Waals surface area contributed by atoms with E-state index < -0.39 is 0 Å². The molecule has 0 unspecified atom stereocenters. The maximum Gasteiger partial charge on any atom is 0.321 e. The molecule has 6 heteroatoms. The first kappa shape index (κ1) is 15.2. The summed E-state index contributed by atoms with van der Waals surface area (Å²) in [7, 11) is 0. The number of urea groups is 1. The molecule has 1 aliphatic carbocycles. The van der Waals surface area contributed by atoms with Crippen LogP contribution in [-0.2, 0) is 0 Å². The van der Waals surface area contributed by atoms with Crippen molar-refractivity contribution in [2.24, 2.45) is 17.3 Å². The van der Waals surface area contributed by atoms with Crippen molar-refractivity contribution < 1.29 is 4.79 Å². The van der Waals surface area contributed by atoms with Gasteiger partial charge in [-0.15, -0.1) is 0 Å². The molecule has 1 saturated heterocycles. The number of pyridine rings is 1. The van der Waals surface area contributed by atoms with Crippen LogP contribution in [0, 0.1) is 31.1 Å². The van der Waals surface area contributed by atoms with Gasteiger partial charge in [0.15, 0.2) is 5.82 Å². The maximum absolute atomic E-state index is 12.4. The molecular weight excluding hydrogens is 302 g/mol. The highest BCUT2D eigenvalue weighted by molar-refractivity contribution is 5.89. The highest BCUT2D eigenvalue weighted by atomic mass is 16.2. The summed E-state index contributed by atoms with van der Waals surface area (Å²) in [6.07, 6.45) is 1.68. The van der Waals surface area contributed by atoms with Crippen LogP contribution in [0.25, 0.3) is 5.82 Å². The quantitative estimate of drug-likeness (QED) is 0.923. The number of likely N-dealkylation sites (tertiary alicyclic amines) is 1. The molecule has 2 amide bonds. The molecule has 1 saturated carbocycles. The number of hydrogen-bond donors (Lipinski definition) is 1. The number of aryl methyl sites for hydroxylation is 2. The lowest BCUT2D eigenvalue weighted by Gasteiger charge is -2.22. The van der Waals surface area contributed by atoms with Gasteiger partial charge in [-0.2, -0.15) is 5.10 Å². The van der Waals surface area contributed by atoms with Crippen molar-refractivity contribution in [1.82, 2.24) is 19.7 Å². The summed E-state index contributed by atoms with van der Waals surface area (Å²) in [5.41, 5.74) is 3.13. The van der Waals surface area contributed by atoms with Crippen LogP contribution in [0.5, 0.6) is 0 Å². The zero-order chi connectivity index (χ0) is 17.1. The molecule has 0 radical (unpaired) electrons. The minimum atomic E-state index is -0.0290. The van der Waals surface area contributed by atoms with E-state index in [2.05, 4.69) is 29.2 Å². The molecule has 2 aliphatic rings. The summed E-state index contributed by atoms with van der Waals surface area (Å²) in [5.74, 6) is 2.08. The van der Waals surface area contributed by atoms with Gasteiger partial charge in [-0.25, -0.2) is 14.5 Å². The van der Waals surface area contributed by atoms with Crippen LogP contribution in [0.15, 0.2) is 24.4 Å². The molecule has 4 rings (SSSR count). The van der Waals surface area contributed by atoms with Gasteiger partial charge < -0.3 is 10.2 Å². The zero-order valence-corrected chi connectivity index (χ0v) is 14.6. The molecule has 2 atom stereocenters. The van der Waals surface area contributed by atoms with Gasteiger partial charge in [0.1, 0.15) is 0 Å². The Labute approximate surface area is 141 Å². The highest BCUT2D eigenvalue weighted by Gasteiger charge is 2.62. The Morgan fingerprint density at radius 1 is 1.25 bits per heavy atom. The third-order valence-electron chi connectivity index (χ3n) is 5.64. The van der Waals surface area contributed by atoms with E-state index in [1.807, 2.05) is 36.9 Å².